The number of aromatic nitrogens is 5. The zero-order valence-electron chi connectivity index (χ0n) is 23.4. The van der Waals surface area contributed by atoms with Crippen LogP contribution >= 0.6 is 22.6 Å². The fourth-order valence-electron chi connectivity index (χ4n) is 5.47. The van der Waals surface area contributed by atoms with Gasteiger partial charge in [-0.05, 0) is 67.1 Å². The molecule has 2 aliphatic rings. The van der Waals surface area contributed by atoms with E-state index in [0.717, 1.165) is 70.8 Å². The number of benzene rings is 1. The fourth-order valence-corrected chi connectivity index (χ4v) is 6.69. The summed E-state index contributed by atoms with van der Waals surface area (Å²) < 4.78 is 38.2. The van der Waals surface area contributed by atoms with Gasteiger partial charge in [-0.3, -0.25) is 9.80 Å². The van der Waals surface area contributed by atoms with Crippen molar-refractivity contribution in [3.05, 3.63) is 57.2 Å². The van der Waals surface area contributed by atoms with Crippen LogP contribution in [-0.4, -0.2) is 80.2 Å². The van der Waals surface area contributed by atoms with E-state index in [1.165, 1.54) is 11.6 Å². The summed E-state index contributed by atoms with van der Waals surface area (Å²) in [6.07, 6.45) is 1.95. The van der Waals surface area contributed by atoms with Gasteiger partial charge in [0.05, 0.1) is 24.9 Å². The minimum Gasteiger partial charge on any atom is -0.379 e. The van der Waals surface area contributed by atoms with Gasteiger partial charge in [0, 0.05) is 62.5 Å². The zero-order valence-corrected chi connectivity index (χ0v) is 25.6. The lowest BCUT2D eigenvalue weighted by Gasteiger charge is -2.32. The SMILES string of the molecule is CC(C)(C)n1c(I)nc2c(F)cc(-c3nc(Nc4ccc5c(n4)CCN(CCN4CCOCC4)C5)ncc3F)cc21. The maximum Gasteiger partial charge on any atom is 0.229 e. The van der Waals surface area contributed by atoms with Gasteiger partial charge >= 0.3 is 0 Å². The Labute approximate surface area is 251 Å². The Kier molecular flexibility index (Phi) is 7.92. The molecular weight excluding hydrogens is 641 g/mol. The van der Waals surface area contributed by atoms with Gasteiger partial charge < -0.3 is 14.6 Å². The first-order chi connectivity index (χ1) is 19.7. The molecule has 0 aliphatic carbocycles. The van der Waals surface area contributed by atoms with E-state index in [-0.39, 0.29) is 22.7 Å². The lowest BCUT2D eigenvalue weighted by atomic mass is 10.1. The van der Waals surface area contributed by atoms with Crippen LogP contribution in [0.5, 0.6) is 0 Å². The Balaban J connectivity index is 1.20. The summed E-state index contributed by atoms with van der Waals surface area (Å²) in [5.41, 5.74) is 3.06. The van der Waals surface area contributed by atoms with Crippen LogP contribution in [0.25, 0.3) is 22.3 Å². The summed E-state index contributed by atoms with van der Waals surface area (Å²) in [6, 6.07) is 6.98. The minimum absolute atomic E-state index is 0.00818. The molecule has 1 saturated heterocycles. The number of fused-ring (bicyclic) bond motifs is 2. The van der Waals surface area contributed by atoms with Gasteiger partial charge in [0.25, 0.3) is 0 Å². The quantitative estimate of drug-likeness (QED) is 0.288. The van der Waals surface area contributed by atoms with Gasteiger partial charge in [-0.25, -0.2) is 28.7 Å². The molecule has 41 heavy (non-hydrogen) atoms. The molecule has 2 aliphatic heterocycles. The molecule has 0 spiro atoms. The standard InChI is InChI=1S/C29H33F2IN8O/c1-29(2,3)40-23-15-19(14-20(30)26(23)36-27(40)32)25-21(31)16-33-28(37-25)35-24-5-4-18-17-39(7-6-22(18)34-24)9-8-38-10-12-41-13-11-38/h4-5,14-16H,6-13,17H2,1-3H3,(H,33,34,35,37). The van der Waals surface area contributed by atoms with Crippen molar-refractivity contribution in [2.75, 3.05) is 51.3 Å². The van der Waals surface area contributed by atoms with E-state index in [0.29, 0.717) is 20.7 Å². The van der Waals surface area contributed by atoms with Gasteiger partial charge in [0.15, 0.2) is 15.5 Å². The molecule has 1 fully saturated rings. The normalized spacial score (nSPS) is 16.7. The number of imidazole rings is 1. The van der Waals surface area contributed by atoms with Gasteiger partial charge in [-0.15, -0.1) is 0 Å². The number of anilines is 2. The minimum atomic E-state index is -0.638. The molecule has 3 aromatic heterocycles. The molecule has 0 saturated carbocycles. The van der Waals surface area contributed by atoms with Crippen LogP contribution in [0.2, 0.25) is 0 Å². The van der Waals surface area contributed by atoms with E-state index < -0.39 is 11.6 Å². The molecule has 0 bridgehead atoms. The average Bonchev–Trinajstić information content (AvgIpc) is 3.30. The number of pyridine rings is 1. The number of halogens is 3. The molecule has 5 heterocycles. The summed E-state index contributed by atoms with van der Waals surface area (Å²) in [5.74, 6) is -0.385. The molecule has 4 aromatic rings. The Hall–Kier alpha value is -2.81. The van der Waals surface area contributed by atoms with Crippen molar-refractivity contribution in [2.24, 2.45) is 0 Å². The highest BCUT2D eigenvalue weighted by molar-refractivity contribution is 14.1. The highest BCUT2D eigenvalue weighted by atomic mass is 127. The fraction of sp³-hybridized carbons (Fsp3) is 0.448. The summed E-state index contributed by atoms with van der Waals surface area (Å²) in [5, 5.41) is 3.12. The molecule has 0 amide bonds. The molecule has 9 nitrogen and oxygen atoms in total. The monoisotopic (exact) mass is 674 g/mol. The van der Waals surface area contributed by atoms with Gasteiger partial charge in [-0.1, -0.05) is 6.07 Å². The highest BCUT2D eigenvalue weighted by Gasteiger charge is 2.24. The van der Waals surface area contributed by atoms with E-state index in [1.807, 2.05) is 31.4 Å². The molecule has 12 heteroatoms. The lowest BCUT2D eigenvalue weighted by molar-refractivity contribution is 0.0326. The summed E-state index contributed by atoms with van der Waals surface area (Å²) in [6.45, 7) is 13.6. The largest absolute Gasteiger partial charge is 0.379 e. The molecule has 0 radical (unpaired) electrons. The first-order valence-electron chi connectivity index (χ1n) is 13.8. The smallest absolute Gasteiger partial charge is 0.229 e. The Bertz CT molecular complexity index is 1580. The second kappa shape index (κ2) is 11.5. The van der Waals surface area contributed by atoms with Crippen molar-refractivity contribution in [1.29, 1.82) is 0 Å². The van der Waals surface area contributed by atoms with Crippen LogP contribution < -0.4 is 5.32 Å². The summed E-state index contributed by atoms with van der Waals surface area (Å²) in [7, 11) is 0. The van der Waals surface area contributed by atoms with Crippen molar-refractivity contribution in [3.8, 4) is 11.3 Å². The Morgan fingerprint density at radius 1 is 0.976 bits per heavy atom. The highest BCUT2D eigenvalue weighted by Crippen LogP contribution is 2.32. The van der Waals surface area contributed by atoms with Gasteiger partial charge in [0.2, 0.25) is 5.95 Å². The maximum atomic E-state index is 15.1. The Morgan fingerprint density at radius 2 is 1.76 bits per heavy atom. The average molecular weight is 675 g/mol. The lowest BCUT2D eigenvalue weighted by Crippen LogP contribution is -2.42. The second-order valence-electron chi connectivity index (χ2n) is 11.5. The van der Waals surface area contributed by atoms with E-state index in [4.69, 9.17) is 9.72 Å². The van der Waals surface area contributed by atoms with Crippen LogP contribution in [0.1, 0.15) is 32.0 Å². The van der Waals surface area contributed by atoms with Crippen LogP contribution in [0, 0.1) is 15.5 Å². The third kappa shape index (κ3) is 6.06. The Morgan fingerprint density at radius 3 is 2.54 bits per heavy atom. The molecule has 216 valence electrons. The first-order valence-corrected chi connectivity index (χ1v) is 14.9. The van der Waals surface area contributed by atoms with Crippen molar-refractivity contribution in [1.82, 2.24) is 34.3 Å². The predicted octanol–water partition coefficient (Wildman–Crippen LogP) is 4.96. The van der Waals surface area contributed by atoms with Gasteiger partial charge in [0.1, 0.15) is 17.0 Å². The predicted molar refractivity (Wildman–Crippen MR) is 162 cm³/mol. The number of ether oxygens (including phenoxy) is 1. The molecule has 1 aromatic carbocycles. The number of rotatable bonds is 6. The molecule has 1 N–H and O–H groups in total. The van der Waals surface area contributed by atoms with Crippen LogP contribution in [0.15, 0.2) is 30.5 Å². The van der Waals surface area contributed by atoms with Crippen molar-refractivity contribution < 1.29 is 13.5 Å². The first kappa shape index (κ1) is 28.3. The number of hydrogen-bond acceptors (Lipinski definition) is 8. The second-order valence-corrected chi connectivity index (χ2v) is 12.5. The molecule has 6 rings (SSSR count). The van der Waals surface area contributed by atoms with E-state index >= 15 is 4.39 Å². The van der Waals surface area contributed by atoms with Gasteiger partial charge in [-0.2, -0.15) is 0 Å². The number of nitrogens with one attached hydrogen (secondary N) is 1. The molecular formula is C29H33F2IN8O. The molecule has 0 unspecified atom stereocenters. The topological polar surface area (TPSA) is 84.2 Å². The van der Waals surface area contributed by atoms with Crippen molar-refractivity contribution >= 4 is 45.4 Å². The van der Waals surface area contributed by atoms with E-state index in [1.54, 1.807) is 6.07 Å². The van der Waals surface area contributed by atoms with Crippen LogP contribution in [-0.2, 0) is 23.2 Å². The third-order valence-electron chi connectivity index (χ3n) is 7.56. The summed E-state index contributed by atoms with van der Waals surface area (Å²) >= 11 is 2.10. The third-order valence-corrected chi connectivity index (χ3v) is 8.29. The maximum absolute atomic E-state index is 15.1. The number of nitrogens with zero attached hydrogens (tertiary/aromatic N) is 7. The number of hydrogen-bond donors (Lipinski definition) is 1. The molecule has 0 atom stereocenters. The zero-order chi connectivity index (χ0) is 28.7. The van der Waals surface area contributed by atoms with Crippen molar-refractivity contribution in [3.63, 3.8) is 0 Å². The van der Waals surface area contributed by atoms with Crippen LogP contribution in [0.4, 0.5) is 20.5 Å². The van der Waals surface area contributed by atoms with E-state index in [9.17, 15) is 4.39 Å². The van der Waals surface area contributed by atoms with Crippen LogP contribution in [0.3, 0.4) is 0 Å². The van der Waals surface area contributed by atoms with Crippen molar-refractivity contribution in [2.45, 2.75) is 39.3 Å². The van der Waals surface area contributed by atoms with E-state index in [2.05, 4.69) is 58.7 Å². The summed E-state index contributed by atoms with van der Waals surface area (Å²) in [4.78, 5) is 22.7. The number of morpholine rings is 1.